The van der Waals surface area contributed by atoms with Crippen LogP contribution in [0.5, 0.6) is 0 Å². The van der Waals surface area contributed by atoms with Gasteiger partial charge in [0.2, 0.25) is 0 Å². The molecule has 2 aromatic heterocycles. The van der Waals surface area contributed by atoms with Crippen LogP contribution in [0.4, 0.5) is 0 Å². The summed E-state index contributed by atoms with van der Waals surface area (Å²) < 4.78 is 2.63. The van der Waals surface area contributed by atoms with Gasteiger partial charge in [0.15, 0.2) is 0 Å². The van der Waals surface area contributed by atoms with Crippen molar-refractivity contribution in [2.24, 2.45) is 0 Å². The Balaban J connectivity index is 2.38. The predicted molar refractivity (Wildman–Crippen MR) is 69.4 cm³/mol. The molecule has 0 unspecified atom stereocenters. The molecule has 0 atom stereocenters. The zero-order chi connectivity index (χ0) is 11.7. The van der Waals surface area contributed by atoms with Gasteiger partial charge < -0.3 is 0 Å². The Bertz CT molecular complexity index is 578. The second-order valence-corrected chi connectivity index (χ2v) is 5.58. The zero-order valence-corrected chi connectivity index (χ0v) is 11.6. The van der Waals surface area contributed by atoms with Crippen LogP contribution in [0.15, 0.2) is 26.8 Å². The first kappa shape index (κ1) is 11.8. The summed E-state index contributed by atoms with van der Waals surface area (Å²) in [6.07, 6.45) is 0. The van der Waals surface area contributed by atoms with Gasteiger partial charge in [-0.3, -0.25) is 9.36 Å². The zero-order valence-electron chi connectivity index (χ0n) is 8.41. The van der Waals surface area contributed by atoms with E-state index in [0.29, 0.717) is 12.4 Å². The molecule has 0 bridgehead atoms. The van der Waals surface area contributed by atoms with Crippen LogP contribution in [-0.4, -0.2) is 9.55 Å². The molecule has 0 saturated heterocycles. The summed E-state index contributed by atoms with van der Waals surface area (Å²) >= 11 is 10.7. The first-order chi connectivity index (χ1) is 7.56. The van der Waals surface area contributed by atoms with Gasteiger partial charge in [0.1, 0.15) is 11.0 Å². The molecule has 3 nitrogen and oxygen atoms in total. The van der Waals surface area contributed by atoms with E-state index in [1.165, 1.54) is 6.07 Å². The van der Waals surface area contributed by atoms with Crippen molar-refractivity contribution in [1.82, 2.24) is 9.55 Å². The van der Waals surface area contributed by atoms with Crippen molar-refractivity contribution < 1.29 is 0 Å². The Kier molecular flexibility index (Phi) is 3.47. The molecule has 0 radical (unpaired) electrons. The highest BCUT2D eigenvalue weighted by atomic mass is 79.9. The molecule has 0 aliphatic heterocycles. The van der Waals surface area contributed by atoms with Crippen LogP contribution in [0.1, 0.15) is 10.7 Å². The average Bonchev–Trinajstić information content (AvgIpc) is 2.58. The highest BCUT2D eigenvalue weighted by molar-refractivity contribution is 9.10. The van der Waals surface area contributed by atoms with Crippen LogP contribution in [0.3, 0.4) is 0 Å². The molecule has 0 fully saturated rings. The summed E-state index contributed by atoms with van der Waals surface area (Å²) in [6.45, 7) is 2.31. The van der Waals surface area contributed by atoms with Gasteiger partial charge in [-0.05, 0) is 28.9 Å². The number of hydrogen-bond donors (Lipinski definition) is 0. The maximum absolute atomic E-state index is 11.7. The van der Waals surface area contributed by atoms with E-state index in [2.05, 4.69) is 20.9 Å². The summed E-state index contributed by atoms with van der Waals surface area (Å²) in [7, 11) is 0. The van der Waals surface area contributed by atoms with Crippen molar-refractivity contribution in [3.05, 3.63) is 48.2 Å². The molecule has 0 aromatic carbocycles. The van der Waals surface area contributed by atoms with E-state index in [-0.39, 0.29) is 10.7 Å². The lowest BCUT2D eigenvalue weighted by atomic mass is 10.4. The van der Waals surface area contributed by atoms with Crippen molar-refractivity contribution in [1.29, 1.82) is 0 Å². The van der Waals surface area contributed by atoms with Gasteiger partial charge in [-0.2, -0.15) is 0 Å². The normalized spacial score (nSPS) is 10.7. The van der Waals surface area contributed by atoms with Gasteiger partial charge in [-0.25, -0.2) is 4.98 Å². The minimum atomic E-state index is -0.123. The van der Waals surface area contributed by atoms with Crippen molar-refractivity contribution >= 4 is 38.9 Å². The molecule has 16 heavy (non-hydrogen) atoms. The molecule has 0 spiro atoms. The first-order valence-electron chi connectivity index (χ1n) is 4.53. The van der Waals surface area contributed by atoms with Crippen molar-refractivity contribution in [2.75, 3.05) is 0 Å². The van der Waals surface area contributed by atoms with Crippen molar-refractivity contribution in [3.63, 3.8) is 0 Å². The monoisotopic (exact) mass is 318 g/mol. The van der Waals surface area contributed by atoms with Crippen LogP contribution >= 0.6 is 38.9 Å². The highest BCUT2D eigenvalue weighted by Crippen LogP contribution is 2.20. The summed E-state index contributed by atoms with van der Waals surface area (Å²) in [5.74, 6) is 0.627. The molecule has 84 valence electrons. The molecule has 2 aromatic rings. The molecule has 0 amide bonds. The van der Waals surface area contributed by atoms with Gasteiger partial charge in [0, 0.05) is 20.8 Å². The van der Waals surface area contributed by atoms with E-state index in [0.717, 1.165) is 9.35 Å². The van der Waals surface area contributed by atoms with Crippen LogP contribution in [0, 0.1) is 6.92 Å². The van der Waals surface area contributed by atoms with Gasteiger partial charge in [0.05, 0.1) is 6.54 Å². The lowest BCUT2D eigenvalue weighted by Crippen LogP contribution is -2.23. The van der Waals surface area contributed by atoms with Crippen LogP contribution in [-0.2, 0) is 6.54 Å². The SMILES string of the molecule is Cc1nc(Cl)cc(=O)n1Cc1cc(Br)cs1. The van der Waals surface area contributed by atoms with E-state index in [4.69, 9.17) is 11.6 Å². The summed E-state index contributed by atoms with van der Waals surface area (Å²) in [5, 5.41) is 2.23. The van der Waals surface area contributed by atoms with Crippen molar-refractivity contribution in [2.45, 2.75) is 13.5 Å². The third-order valence-electron chi connectivity index (χ3n) is 2.10. The number of hydrogen-bond acceptors (Lipinski definition) is 3. The Morgan fingerprint density at radius 2 is 2.31 bits per heavy atom. The molecule has 0 saturated carbocycles. The molecule has 2 heterocycles. The fraction of sp³-hybridized carbons (Fsp3) is 0.200. The Hall–Kier alpha value is -0.650. The van der Waals surface area contributed by atoms with Crippen molar-refractivity contribution in [3.8, 4) is 0 Å². The quantitative estimate of drug-likeness (QED) is 0.797. The van der Waals surface area contributed by atoms with Gasteiger partial charge >= 0.3 is 0 Å². The molecule has 0 N–H and O–H groups in total. The van der Waals surface area contributed by atoms with Gasteiger partial charge in [0.25, 0.3) is 5.56 Å². The third kappa shape index (κ3) is 2.53. The Morgan fingerprint density at radius 3 is 2.88 bits per heavy atom. The minimum Gasteiger partial charge on any atom is -0.291 e. The van der Waals surface area contributed by atoms with E-state index < -0.39 is 0 Å². The van der Waals surface area contributed by atoms with E-state index >= 15 is 0 Å². The first-order valence-corrected chi connectivity index (χ1v) is 6.58. The fourth-order valence-corrected chi connectivity index (χ4v) is 3.03. The van der Waals surface area contributed by atoms with Crippen LogP contribution in [0.2, 0.25) is 5.15 Å². The maximum Gasteiger partial charge on any atom is 0.255 e. The molecule has 0 aliphatic carbocycles. The fourth-order valence-electron chi connectivity index (χ4n) is 1.37. The Morgan fingerprint density at radius 1 is 1.56 bits per heavy atom. The van der Waals surface area contributed by atoms with Crippen LogP contribution in [0.25, 0.3) is 0 Å². The number of aromatic nitrogens is 2. The number of nitrogens with zero attached hydrogens (tertiary/aromatic N) is 2. The molecule has 0 aliphatic rings. The average molecular weight is 320 g/mol. The Labute approximate surface area is 110 Å². The van der Waals surface area contributed by atoms with Gasteiger partial charge in [-0.1, -0.05) is 11.6 Å². The number of halogens is 2. The second-order valence-electron chi connectivity index (χ2n) is 3.28. The van der Waals surface area contributed by atoms with E-state index in [9.17, 15) is 4.79 Å². The number of thiophene rings is 1. The smallest absolute Gasteiger partial charge is 0.255 e. The van der Waals surface area contributed by atoms with Gasteiger partial charge in [-0.15, -0.1) is 11.3 Å². The summed E-state index contributed by atoms with van der Waals surface area (Å²) in [4.78, 5) is 16.9. The number of aryl methyl sites for hydroxylation is 1. The molecule has 6 heteroatoms. The predicted octanol–water partition coefficient (Wildman–Crippen LogP) is 3.08. The summed E-state index contributed by atoms with van der Waals surface area (Å²) in [6, 6.07) is 3.32. The lowest BCUT2D eigenvalue weighted by molar-refractivity contribution is 0.708. The second kappa shape index (κ2) is 4.69. The lowest BCUT2D eigenvalue weighted by Gasteiger charge is -2.07. The minimum absolute atomic E-state index is 0.123. The molecular weight excluding hydrogens is 312 g/mol. The van der Waals surface area contributed by atoms with Crippen LogP contribution < -0.4 is 5.56 Å². The largest absolute Gasteiger partial charge is 0.291 e. The summed E-state index contributed by atoms with van der Waals surface area (Å²) in [5.41, 5.74) is -0.123. The maximum atomic E-state index is 11.7. The molecular formula is C10H8BrClN2OS. The third-order valence-corrected chi connectivity index (χ3v) is 3.98. The standard InChI is InChI=1S/C10H8BrClN2OS/c1-6-13-9(12)3-10(15)14(6)4-8-2-7(11)5-16-8/h2-3,5H,4H2,1H3. The molecule has 2 rings (SSSR count). The van der Waals surface area contributed by atoms with E-state index in [1.54, 1.807) is 22.8 Å². The topological polar surface area (TPSA) is 34.9 Å². The highest BCUT2D eigenvalue weighted by Gasteiger charge is 2.06. The van der Waals surface area contributed by atoms with E-state index in [1.807, 2.05) is 11.4 Å². The number of rotatable bonds is 2.